The van der Waals surface area contributed by atoms with Gasteiger partial charge in [-0.05, 0) is 19.4 Å². The van der Waals surface area contributed by atoms with Crippen LogP contribution in [0, 0.1) is 5.92 Å². The number of nitrogens with zero attached hydrogens (tertiary/aromatic N) is 1. The highest BCUT2D eigenvalue weighted by atomic mass is 31.0. The lowest BCUT2D eigenvalue weighted by Gasteiger charge is -2.18. The first-order valence-corrected chi connectivity index (χ1v) is 5.15. The SMILES string of the molecule is CN(N)CC(CCCCN)C(=O)OP. The minimum absolute atomic E-state index is 0.158. The number of hydrogen-bond donors (Lipinski definition) is 2. The molecule has 6 heteroatoms. The van der Waals surface area contributed by atoms with Gasteiger partial charge in [-0.1, -0.05) is 6.42 Å². The minimum atomic E-state index is -0.232. The molecule has 0 rings (SSSR count). The van der Waals surface area contributed by atoms with Crippen LogP contribution >= 0.6 is 9.47 Å². The average Bonchev–Trinajstić information content (AvgIpc) is 2.15. The molecule has 0 aliphatic rings. The van der Waals surface area contributed by atoms with Crippen LogP contribution in [0.4, 0.5) is 0 Å². The van der Waals surface area contributed by atoms with Crippen LogP contribution in [0.3, 0.4) is 0 Å². The molecule has 14 heavy (non-hydrogen) atoms. The summed E-state index contributed by atoms with van der Waals surface area (Å²) in [6.45, 7) is 1.17. The van der Waals surface area contributed by atoms with Crippen LogP contribution in [0.2, 0.25) is 0 Å². The summed E-state index contributed by atoms with van der Waals surface area (Å²) in [5.41, 5.74) is 5.37. The quantitative estimate of drug-likeness (QED) is 0.271. The third-order valence-electron chi connectivity index (χ3n) is 1.96. The summed E-state index contributed by atoms with van der Waals surface area (Å²) < 4.78 is 4.61. The number of nitrogens with two attached hydrogens (primary N) is 2. The third-order valence-corrected chi connectivity index (χ3v) is 2.20. The lowest BCUT2D eigenvalue weighted by molar-refractivity contribution is -0.138. The van der Waals surface area contributed by atoms with Gasteiger partial charge in [0.2, 0.25) is 0 Å². The van der Waals surface area contributed by atoms with Gasteiger partial charge in [0.25, 0.3) is 0 Å². The van der Waals surface area contributed by atoms with Crippen LogP contribution in [0.1, 0.15) is 19.3 Å². The Bertz CT molecular complexity index is 167. The Kier molecular flexibility index (Phi) is 7.99. The molecule has 0 aliphatic carbocycles. The molecular weight excluding hydrogens is 201 g/mol. The van der Waals surface area contributed by atoms with Crippen LogP contribution in [0.15, 0.2) is 0 Å². The van der Waals surface area contributed by atoms with Crippen molar-refractivity contribution in [3.63, 3.8) is 0 Å². The highest BCUT2D eigenvalue weighted by Gasteiger charge is 2.19. The van der Waals surface area contributed by atoms with Gasteiger partial charge in [0.1, 0.15) is 0 Å². The van der Waals surface area contributed by atoms with Gasteiger partial charge in [-0.3, -0.25) is 10.6 Å². The largest absolute Gasteiger partial charge is 0.451 e. The molecule has 0 amide bonds. The Labute approximate surface area is 87.4 Å². The van der Waals surface area contributed by atoms with Crippen molar-refractivity contribution in [1.29, 1.82) is 0 Å². The Balaban J connectivity index is 3.91. The van der Waals surface area contributed by atoms with Crippen molar-refractivity contribution < 1.29 is 9.32 Å². The molecule has 4 N–H and O–H groups in total. The van der Waals surface area contributed by atoms with E-state index in [1.807, 2.05) is 9.47 Å². The molecule has 0 aromatic carbocycles. The topological polar surface area (TPSA) is 81.6 Å². The summed E-state index contributed by atoms with van der Waals surface area (Å²) in [5.74, 6) is 5.09. The smallest absolute Gasteiger partial charge is 0.312 e. The number of unbranched alkanes of at least 4 members (excludes halogenated alkanes) is 1. The van der Waals surface area contributed by atoms with Gasteiger partial charge < -0.3 is 10.3 Å². The van der Waals surface area contributed by atoms with Gasteiger partial charge >= 0.3 is 5.97 Å². The Morgan fingerprint density at radius 2 is 2.21 bits per heavy atom. The zero-order valence-corrected chi connectivity index (χ0v) is 9.76. The summed E-state index contributed by atoms with van der Waals surface area (Å²) in [7, 11) is 3.70. The molecule has 5 nitrogen and oxygen atoms in total. The van der Waals surface area contributed by atoms with E-state index in [1.165, 1.54) is 5.01 Å². The summed E-state index contributed by atoms with van der Waals surface area (Å²) in [6, 6.07) is 0. The van der Waals surface area contributed by atoms with Crippen LogP contribution in [0.25, 0.3) is 0 Å². The maximum Gasteiger partial charge on any atom is 0.312 e. The van der Waals surface area contributed by atoms with Gasteiger partial charge in [0.05, 0.1) is 15.4 Å². The van der Waals surface area contributed by atoms with E-state index in [2.05, 4.69) is 4.52 Å². The van der Waals surface area contributed by atoms with Crippen molar-refractivity contribution in [2.45, 2.75) is 19.3 Å². The standard InChI is InChI=1S/C8H20N3O2P/c1-11(10)6-7(8(12)13-14)4-2-3-5-9/h7H,2-6,9-10,14H2,1H3. The monoisotopic (exact) mass is 221 g/mol. The van der Waals surface area contributed by atoms with E-state index in [4.69, 9.17) is 11.6 Å². The second kappa shape index (κ2) is 8.12. The number of carbonyl (C=O) groups excluding carboxylic acids is 1. The molecule has 0 heterocycles. The maximum atomic E-state index is 11.3. The molecule has 0 aromatic heterocycles. The van der Waals surface area contributed by atoms with E-state index in [0.717, 1.165) is 19.3 Å². The van der Waals surface area contributed by atoms with Crippen molar-refractivity contribution >= 4 is 15.4 Å². The van der Waals surface area contributed by atoms with Crippen LogP contribution in [0.5, 0.6) is 0 Å². The number of hydrazine groups is 1. The molecule has 0 fully saturated rings. The normalized spacial score (nSPS) is 12.9. The van der Waals surface area contributed by atoms with Crippen LogP contribution in [-0.4, -0.2) is 31.1 Å². The van der Waals surface area contributed by atoms with E-state index in [9.17, 15) is 4.79 Å². The second-order valence-corrected chi connectivity index (χ2v) is 3.59. The highest BCUT2D eigenvalue weighted by Crippen LogP contribution is 2.12. The van der Waals surface area contributed by atoms with E-state index in [-0.39, 0.29) is 11.9 Å². The molecule has 0 bridgehead atoms. The van der Waals surface area contributed by atoms with E-state index in [0.29, 0.717) is 13.1 Å². The van der Waals surface area contributed by atoms with E-state index >= 15 is 0 Å². The fourth-order valence-corrected chi connectivity index (χ4v) is 1.46. The predicted octanol–water partition coefficient (Wildman–Crippen LogP) is -0.130. The Morgan fingerprint density at radius 1 is 1.57 bits per heavy atom. The molecule has 0 saturated heterocycles. The fourth-order valence-electron chi connectivity index (χ4n) is 1.26. The summed E-state index contributed by atoms with van der Waals surface area (Å²) in [4.78, 5) is 11.3. The van der Waals surface area contributed by atoms with Crippen molar-refractivity contribution in [2.24, 2.45) is 17.5 Å². The zero-order valence-electron chi connectivity index (χ0n) is 8.61. The summed E-state index contributed by atoms with van der Waals surface area (Å²) in [6.07, 6.45) is 2.62. The van der Waals surface area contributed by atoms with Crippen molar-refractivity contribution in [3.8, 4) is 0 Å². The van der Waals surface area contributed by atoms with Gasteiger partial charge in [-0.2, -0.15) is 0 Å². The molecule has 2 unspecified atom stereocenters. The van der Waals surface area contributed by atoms with Gasteiger partial charge in [-0.25, -0.2) is 5.01 Å². The maximum absolute atomic E-state index is 11.3. The third kappa shape index (κ3) is 6.27. The molecule has 0 aliphatic heterocycles. The van der Waals surface area contributed by atoms with Crippen LogP contribution in [-0.2, 0) is 9.32 Å². The molecule has 0 saturated carbocycles. The molecule has 84 valence electrons. The van der Waals surface area contributed by atoms with Crippen LogP contribution < -0.4 is 11.6 Å². The minimum Gasteiger partial charge on any atom is -0.451 e. The Hall–Kier alpha value is -0.220. The first-order valence-electron chi connectivity index (χ1n) is 4.68. The van der Waals surface area contributed by atoms with Gasteiger partial charge in [0.15, 0.2) is 0 Å². The Morgan fingerprint density at radius 3 is 2.64 bits per heavy atom. The molecular formula is C8H20N3O2P. The first-order chi connectivity index (χ1) is 6.61. The zero-order chi connectivity index (χ0) is 11.0. The fraction of sp³-hybridized carbons (Fsp3) is 0.875. The molecule has 2 atom stereocenters. The van der Waals surface area contributed by atoms with E-state index in [1.54, 1.807) is 7.05 Å². The van der Waals surface area contributed by atoms with Crippen molar-refractivity contribution in [2.75, 3.05) is 20.1 Å². The van der Waals surface area contributed by atoms with Gasteiger partial charge in [0, 0.05) is 13.6 Å². The highest BCUT2D eigenvalue weighted by molar-refractivity contribution is 7.10. The second-order valence-electron chi connectivity index (χ2n) is 3.36. The van der Waals surface area contributed by atoms with Gasteiger partial charge in [-0.15, -0.1) is 0 Å². The molecule has 0 spiro atoms. The average molecular weight is 221 g/mol. The molecule has 0 radical (unpaired) electrons. The summed E-state index contributed by atoms with van der Waals surface area (Å²) >= 11 is 0. The summed E-state index contributed by atoms with van der Waals surface area (Å²) in [5, 5.41) is 1.49. The first kappa shape index (κ1) is 13.8. The number of hydrogen-bond acceptors (Lipinski definition) is 5. The predicted molar refractivity (Wildman–Crippen MR) is 59.0 cm³/mol. The van der Waals surface area contributed by atoms with Crippen molar-refractivity contribution in [1.82, 2.24) is 5.01 Å². The van der Waals surface area contributed by atoms with Crippen molar-refractivity contribution in [3.05, 3.63) is 0 Å². The molecule has 0 aromatic rings. The lowest BCUT2D eigenvalue weighted by Crippen LogP contribution is -2.35. The van der Waals surface area contributed by atoms with E-state index < -0.39 is 0 Å². The number of carbonyl (C=O) groups is 1. The number of rotatable bonds is 7. The lowest BCUT2D eigenvalue weighted by atomic mass is 10.0.